The Morgan fingerprint density at radius 2 is 1.85 bits per heavy atom. The van der Waals surface area contributed by atoms with Gasteiger partial charge in [0.1, 0.15) is 17.4 Å². The number of aromatic hydroxyl groups is 1. The summed E-state index contributed by atoms with van der Waals surface area (Å²) in [6.45, 7) is -0.0272. The minimum absolute atomic E-state index is 0.0272. The van der Waals surface area contributed by atoms with Crippen molar-refractivity contribution in [2.24, 2.45) is 5.73 Å². The summed E-state index contributed by atoms with van der Waals surface area (Å²) >= 11 is 0. The summed E-state index contributed by atoms with van der Waals surface area (Å²) in [5, 5.41) is 9.80. The number of hydrogen-bond acceptors (Lipinski definition) is 6. The SMILES string of the molecule is COC(=O)c1cc(S(=O)(=O)N2Cc3ccccc3C[C@@H]2C(N)=O)ccc1O. The first-order valence-corrected chi connectivity index (χ1v) is 9.49. The maximum absolute atomic E-state index is 13.2. The van der Waals surface area contributed by atoms with Gasteiger partial charge in [-0.25, -0.2) is 13.2 Å². The van der Waals surface area contributed by atoms with E-state index in [-0.39, 0.29) is 23.4 Å². The summed E-state index contributed by atoms with van der Waals surface area (Å²) < 4.78 is 31.9. The molecule has 1 aliphatic rings. The molecule has 0 radical (unpaired) electrons. The predicted molar refractivity (Wildman–Crippen MR) is 95.3 cm³/mol. The predicted octanol–water partition coefficient (Wildman–Crippen LogP) is 0.780. The molecule has 9 heteroatoms. The highest BCUT2D eigenvalue weighted by molar-refractivity contribution is 7.89. The third-order valence-corrected chi connectivity index (χ3v) is 6.36. The van der Waals surface area contributed by atoms with Crippen LogP contribution in [0.3, 0.4) is 0 Å². The average Bonchev–Trinajstić information content (AvgIpc) is 2.66. The molecule has 0 bridgehead atoms. The van der Waals surface area contributed by atoms with E-state index in [1.54, 1.807) is 12.1 Å². The van der Waals surface area contributed by atoms with Gasteiger partial charge in [-0.15, -0.1) is 0 Å². The lowest BCUT2D eigenvalue weighted by molar-refractivity contribution is -0.122. The number of fused-ring (bicyclic) bond motifs is 1. The summed E-state index contributed by atoms with van der Waals surface area (Å²) in [6.07, 6.45) is 0.159. The van der Waals surface area contributed by atoms with Crippen molar-refractivity contribution >= 4 is 21.9 Å². The average molecular weight is 390 g/mol. The molecule has 2 aromatic carbocycles. The molecule has 0 unspecified atom stereocenters. The largest absolute Gasteiger partial charge is 0.507 e. The number of nitrogens with zero attached hydrogens (tertiary/aromatic N) is 1. The van der Waals surface area contributed by atoms with E-state index in [0.717, 1.165) is 40.7 Å². The van der Waals surface area contributed by atoms with Gasteiger partial charge >= 0.3 is 5.97 Å². The van der Waals surface area contributed by atoms with Crippen LogP contribution in [0.1, 0.15) is 21.5 Å². The molecule has 8 nitrogen and oxygen atoms in total. The number of sulfonamides is 1. The third-order valence-electron chi connectivity index (χ3n) is 4.51. The summed E-state index contributed by atoms with van der Waals surface area (Å²) in [6, 6.07) is 9.42. The van der Waals surface area contributed by atoms with E-state index in [1.807, 2.05) is 12.1 Å². The first-order valence-electron chi connectivity index (χ1n) is 8.05. The minimum atomic E-state index is -4.17. The van der Waals surface area contributed by atoms with Gasteiger partial charge in [-0.2, -0.15) is 4.31 Å². The first-order chi connectivity index (χ1) is 12.8. The number of phenolic OH excluding ortho intramolecular Hbond substituents is 1. The van der Waals surface area contributed by atoms with Crippen molar-refractivity contribution in [1.82, 2.24) is 4.31 Å². The minimum Gasteiger partial charge on any atom is -0.507 e. The first kappa shape index (κ1) is 18.9. The van der Waals surface area contributed by atoms with Crippen LogP contribution in [0.2, 0.25) is 0 Å². The highest BCUT2D eigenvalue weighted by atomic mass is 32.2. The number of hydrogen-bond donors (Lipinski definition) is 2. The van der Waals surface area contributed by atoms with Crippen molar-refractivity contribution in [2.45, 2.75) is 23.9 Å². The third kappa shape index (κ3) is 3.38. The second kappa shape index (κ2) is 7.01. The Bertz CT molecular complexity index is 1020. The fourth-order valence-corrected chi connectivity index (χ4v) is 4.68. The number of nitrogens with two attached hydrogens (primary N) is 1. The van der Waals surface area contributed by atoms with Gasteiger partial charge in [0.25, 0.3) is 0 Å². The van der Waals surface area contributed by atoms with E-state index in [9.17, 15) is 23.1 Å². The lowest BCUT2D eigenvalue weighted by Crippen LogP contribution is -2.51. The Balaban J connectivity index is 2.08. The van der Waals surface area contributed by atoms with Crippen molar-refractivity contribution in [2.75, 3.05) is 7.11 Å². The van der Waals surface area contributed by atoms with Crippen LogP contribution in [-0.2, 0) is 32.5 Å². The number of methoxy groups -OCH3 is 1. The van der Waals surface area contributed by atoms with Crippen molar-refractivity contribution in [3.8, 4) is 5.75 Å². The number of benzene rings is 2. The van der Waals surface area contributed by atoms with Gasteiger partial charge in [-0.05, 0) is 35.7 Å². The highest BCUT2D eigenvalue weighted by Crippen LogP contribution is 2.31. The Morgan fingerprint density at radius 1 is 1.19 bits per heavy atom. The van der Waals surface area contributed by atoms with Crippen molar-refractivity contribution < 1.29 is 27.9 Å². The van der Waals surface area contributed by atoms with Gasteiger partial charge in [0.15, 0.2) is 0 Å². The fourth-order valence-electron chi connectivity index (χ4n) is 3.08. The zero-order chi connectivity index (χ0) is 19.8. The molecular formula is C18H18N2O6S. The molecule has 142 valence electrons. The van der Waals surface area contributed by atoms with Crippen LogP contribution in [0.5, 0.6) is 5.75 Å². The van der Waals surface area contributed by atoms with E-state index in [0.29, 0.717) is 0 Å². The number of carbonyl (C=O) groups is 2. The van der Waals surface area contributed by atoms with Crippen LogP contribution in [0.4, 0.5) is 0 Å². The van der Waals surface area contributed by atoms with Crippen LogP contribution in [0.15, 0.2) is 47.4 Å². The molecule has 0 aliphatic carbocycles. The lowest BCUT2D eigenvalue weighted by Gasteiger charge is -2.34. The summed E-state index contributed by atoms with van der Waals surface area (Å²) in [7, 11) is -3.05. The van der Waals surface area contributed by atoms with Crippen LogP contribution in [0, 0.1) is 0 Å². The molecule has 3 rings (SSSR count). The zero-order valence-corrected chi connectivity index (χ0v) is 15.3. The normalized spacial score (nSPS) is 17.1. The topological polar surface area (TPSA) is 127 Å². The van der Waals surface area contributed by atoms with E-state index in [2.05, 4.69) is 4.74 Å². The quantitative estimate of drug-likeness (QED) is 0.743. The monoisotopic (exact) mass is 390 g/mol. The molecule has 1 heterocycles. The van der Waals surface area contributed by atoms with Gasteiger partial charge in [0.2, 0.25) is 15.9 Å². The summed E-state index contributed by atoms with van der Waals surface area (Å²) in [4.78, 5) is 23.4. The number of primary amides is 1. The Hall–Kier alpha value is -2.91. The zero-order valence-electron chi connectivity index (χ0n) is 14.5. The van der Waals surface area contributed by atoms with Crippen LogP contribution in [0.25, 0.3) is 0 Å². The fraction of sp³-hybridized carbons (Fsp3) is 0.222. The Kier molecular flexibility index (Phi) is 4.90. The van der Waals surface area contributed by atoms with E-state index < -0.39 is 33.7 Å². The van der Waals surface area contributed by atoms with Crippen molar-refractivity contribution in [3.63, 3.8) is 0 Å². The maximum Gasteiger partial charge on any atom is 0.341 e. The molecule has 0 saturated heterocycles. The van der Waals surface area contributed by atoms with E-state index in [4.69, 9.17) is 5.73 Å². The maximum atomic E-state index is 13.2. The molecule has 0 saturated carbocycles. The van der Waals surface area contributed by atoms with Gasteiger partial charge in [-0.1, -0.05) is 24.3 Å². The number of ether oxygens (including phenoxy) is 1. The summed E-state index contributed by atoms with van der Waals surface area (Å²) in [5.74, 6) is -2.05. The number of amides is 1. The molecule has 1 atom stereocenters. The number of phenols is 1. The Morgan fingerprint density at radius 3 is 2.48 bits per heavy atom. The van der Waals surface area contributed by atoms with E-state index >= 15 is 0 Å². The van der Waals surface area contributed by atoms with Gasteiger partial charge in [-0.3, -0.25) is 4.79 Å². The van der Waals surface area contributed by atoms with Crippen LogP contribution >= 0.6 is 0 Å². The molecule has 3 N–H and O–H groups in total. The van der Waals surface area contributed by atoms with Gasteiger partial charge in [0.05, 0.1) is 12.0 Å². The smallest absolute Gasteiger partial charge is 0.341 e. The molecule has 2 aromatic rings. The number of carbonyl (C=O) groups excluding carboxylic acids is 2. The number of esters is 1. The second-order valence-corrected chi connectivity index (χ2v) is 8.00. The Labute approximate surface area is 156 Å². The molecule has 27 heavy (non-hydrogen) atoms. The highest BCUT2D eigenvalue weighted by Gasteiger charge is 2.39. The number of rotatable bonds is 4. The molecular weight excluding hydrogens is 372 g/mol. The molecule has 1 amide bonds. The standard InChI is InChI=1S/C18H18N2O6S/c1-26-18(23)14-9-13(6-7-16(14)21)27(24,25)20-10-12-5-3-2-4-11(12)8-15(20)17(19)22/h2-7,9,15,21H,8,10H2,1H3,(H2,19,22)/t15-/m1/s1. The van der Waals surface area contributed by atoms with Crippen molar-refractivity contribution in [1.29, 1.82) is 0 Å². The van der Waals surface area contributed by atoms with Crippen LogP contribution < -0.4 is 5.73 Å². The molecule has 0 spiro atoms. The summed E-state index contributed by atoms with van der Waals surface area (Å²) in [5.41, 5.74) is 6.79. The second-order valence-electron chi connectivity index (χ2n) is 6.11. The van der Waals surface area contributed by atoms with Gasteiger partial charge < -0.3 is 15.6 Å². The molecule has 0 fully saturated rings. The molecule has 1 aliphatic heterocycles. The molecule has 0 aromatic heterocycles. The lowest BCUT2D eigenvalue weighted by atomic mass is 9.96. The van der Waals surface area contributed by atoms with Crippen LogP contribution in [-0.4, -0.2) is 42.9 Å². The van der Waals surface area contributed by atoms with Crippen molar-refractivity contribution in [3.05, 3.63) is 59.2 Å². The van der Waals surface area contributed by atoms with E-state index in [1.165, 1.54) is 0 Å². The van der Waals surface area contributed by atoms with Gasteiger partial charge in [0, 0.05) is 6.54 Å².